The highest BCUT2D eigenvalue weighted by molar-refractivity contribution is 5.46. The lowest BCUT2D eigenvalue weighted by molar-refractivity contribution is 0.475. The summed E-state index contributed by atoms with van der Waals surface area (Å²) < 4.78 is 0. The molecule has 0 bridgehead atoms. The van der Waals surface area contributed by atoms with Crippen LogP contribution in [0.15, 0.2) is 24.3 Å². The van der Waals surface area contributed by atoms with E-state index in [0.717, 1.165) is 11.6 Å². The summed E-state index contributed by atoms with van der Waals surface area (Å²) in [6.07, 6.45) is 3.93. The van der Waals surface area contributed by atoms with Gasteiger partial charge in [-0.3, -0.25) is 0 Å². The van der Waals surface area contributed by atoms with E-state index in [0.29, 0.717) is 11.8 Å². The third-order valence-electron chi connectivity index (χ3n) is 3.08. The summed E-state index contributed by atoms with van der Waals surface area (Å²) in [5.74, 6) is 1.10. The van der Waals surface area contributed by atoms with Crippen LogP contribution < -0.4 is 5.32 Å². The van der Waals surface area contributed by atoms with Crippen LogP contribution in [0.25, 0.3) is 0 Å². The maximum Gasteiger partial charge on any atom is 0.115 e. The average molecular weight is 191 g/mol. The van der Waals surface area contributed by atoms with Gasteiger partial charge in [-0.1, -0.05) is 13.3 Å². The second kappa shape index (κ2) is 3.91. The standard InChI is InChI=1S/C12H17NO/c1-9-3-2-4-12(9)13-10-5-7-11(14)8-6-10/h5-9,12-14H,2-4H2,1H3. The van der Waals surface area contributed by atoms with Gasteiger partial charge in [-0.25, -0.2) is 0 Å². The highest BCUT2D eigenvalue weighted by Crippen LogP contribution is 2.28. The Balaban J connectivity index is 2.00. The zero-order valence-electron chi connectivity index (χ0n) is 8.53. The fourth-order valence-corrected chi connectivity index (χ4v) is 2.13. The van der Waals surface area contributed by atoms with E-state index in [1.165, 1.54) is 19.3 Å². The molecule has 0 heterocycles. The van der Waals surface area contributed by atoms with Crippen LogP contribution in [0.5, 0.6) is 5.75 Å². The zero-order valence-corrected chi connectivity index (χ0v) is 8.53. The van der Waals surface area contributed by atoms with Gasteiger partial charge in [0.05, 0.1) is 0 Å². The third kappa shape index (κ3) is 2.00. The van der Waals surface area contributed by atoms with E-state index < -0.39 is 0 Å². The minimum Gasteiger partial charge on any atom is -0.508 e. The topological polar surface area (TPSA) is 32.3 Å². The molecule has 0 radical (unpaired) electrons. The van der Waals surface area contributed by atoms with Gasteiger partial charge in [0, 0.05) is 11.7 Å². The summed E-state index contributed by atoms with van der Waals surface area (Å²) in [5.41, 5.74) is 1.11. The van der Waals surface area contributed by atoms with Gasteiger partial charge in [0.1, 0.15) is 5.75 Å². The molecule has 2 atom stereocenters. The van der Waals surface area contributed by atoms with Crippen LogP contribution in [0, 0.1) is 5.92 Å². The fourth-order valence-electron chi connectivity index (χ4n) is 2.13. The van der Waals surface area contributed by atoms with Crippen LogP contribution in [-0.2, 0) is 0 Å². The lowest BCUT2D eigenvalue weighted by atomic mass is 10.1. The quantitative estimate of drug-likeness (QED) is 0.704. The minimum atomic E-state index is 0.329. The molecule has 0 aliphatic heterocycles. The summed E-state index contributed by atoms with van der Waals surface area (Å²) in [5, 5.41) is 12.6. The maximum atomic E-state index is 9.14. The first-order valence-electron chi connectivity index (χ1n) is 5.31. The molecular weight excluding hydrogens is 174 g/mol. The summed E-state index contributed by atoms with van der Waals surface area (Å²) in [4.78, 5) is 0. The Labute approximate surface area is 85.0 Å². The predicted molar refractivity (Wildman–Crippen MR) is 58.5 cm³/mol. The molecule has 0 spiro atoms. The third-order valence-corrected chi connectivity index (χ3v) is 3.08. The number of aromatic hydroxyl groups is 1. The molecule has 0 aromatic heterocycles. The van der Waals surface area contributed by atoms with Crippen LogP contribution in [0.2, 0.25) is 0 Å². The molecule has 14 heavy (non-hydrogen) atoms. The van der Waals surface area contributed by atoms with E-state index in [1.54, 1.807) is 12.1 Å². The van der Waals surface area contributed by atoms with Gasteiger partial charge in [-0.05, 0) is 43.0 Å². The average Bonchev–Trinajstić information content (AvgIpc) is 2.56. The minimum absolute atomic E-state index is 0.329. The number of phenols is 1. The monoisotopic (exact) mass is 191 g/mol. The Kier molecular flexibility index (Phi) is 2.62. The van der Waals surface area contributed by atoms with Crippen molar-refractivity contribution >= 4 is 5.69 Å². The van der Waals surface area contributed by atoms with Gasteiger partial charge in [0.25, 0.3) is 0 Å². The summed E-state index contributed by atoms with van der Waals surface area (Å²) in [7, 11) is 0. The summed E-state index contributed by atoms with van der Waals surface area (Å²) >= 11 is 0. The fraction of sp³-hybridized carbons (Fsp3) is 0.500. The van der Waals surface area contributed by atoms with Crippen LogP contribution in [0.3, 0.4) is 0 Å². The van der Waals surface area contributed by atoms with E-state index in [2.05, 4.69) is 12.2 Å². The normalized spacial score (nSPS) is 26.4. The molecule has 76 valence electrons. The van der Waals surface area contributed by atoms with Crippen molar-refractivity contribution < 1.29 is 5.11 Å². The second-order valence-electron chi connectivity index (χ2n) is 4.21. The number of benzene rings is 1. The Morgan fingerprint density at radius 3 is 2.50 bits per heavy atom. The molecule has 1 aliphatic carbocycles. The zero-order chi connectivity index (χ0) is 9.97. The van der Waals surface area contributed by atoms with Gasteiger partial charge in [-0.2, -0.15) is 0 Å². The Morgan fingerprint density at radius 1 is 1.21 bits per heavy atom. The largest absolute Gasteiger partial charge is 0.508 e. The first-order chi connectivity index (χ1) is 6.75. The van der Waals surface area contributed by atoms with E-state index >= 15 is 0 Å². The van der Waals surface area contributed by atoms with E-state index in [-0.39, 0.29) is 0 Å². The number of hydrogen-bond donors (Lipinski definition) is 2. The number of nitrogens with one attached hydrogen (secondary N) is 1. The first kappa shape index (κ1) is 9.38. The van der Waals surface area contributed by atoms with Crippen LogP contribution in [-0.4, -0.2) is 11.1 Å². The summed E-state index contributed by atoms with van der Waals surface area (Å²) in [6, 6.07) is 7.92. The lowest BCUT2D eigenvalue weighted by Gasteiger charge is -2.18. The number of hydrogen-bond acceptors (Lipinski definition) is 2. The molecule has 1 aromatic carbocycles. The van der Waals surface area contributed by atoms with Crippen LogP contribution in [0.1, 0.15) is 26.2 Å². The van der Waals surface area contributed by atoms with E-state index in [1.807, 2.05) is 12.1 Å². The van der Waals surface area contributed by atoms with Crippen molar-refractivity contribution in [3.05, 3.63) is 24.3 Å². The number of phenolic OH excluding ortho intramolecular Hbond substituents is 1. The summed E-state index contributed by atoms with van der Waals surface area (Å²) in [6.45, 7) is 2.30. The Morgan fingerprint density at radius 2 is 1.93 bits per heavy atom. The number of anilines is 1. The molecular formula is C12H17NO. The van der Waals surface area contributed by atoms with Crippen molar-refractivity contribution in [3.8, 4) is 5.75 Å². The van der Waals surface area contributed by atoms with Crippen molar-refractivity contribution in [1.29, 1.82) is 0 Å². The van der Waals surface area contributed by atoms with Gasteiger partial charge >= 0.3 is 0 Å². The smallest absolute Gasteiger partial charge is 0.115 e. The van der Waals surface area contributed by atoms with Crippen molar-refractivity contribution in [1.82, 2.24) is 0 Å². The van der Waals surface area contributed by atoms with Gasteiger partial charge < -0.3 is 10.4 Å². The predicted octanol–water partition coefficient (Wildman–Crippen LogP) is 2.99. The molecule has 2 heteroatoms. The molecule has 1 aromatic rings. The van der Waals surface area contributed by atoms with E-state index in [4.69, 9.17) is 5.11 Å². The highest BCUT2D eigenvalue weighted by Gasteiger charge is 2.22. The SMILES string of the molecule is CC1CCCC1Nc1ccc(O)cc1. The van der Waals surface area contributed by atoms with Gasteiger partial charge in [0.15, 0.2) is 0 Å². The Hall–Kier alpha value is -1.18. The van der Waals surface area contributed by atoms with Crippen LogP contribution in [0.4, 0.5) is 5.69 Å². The Bertz CT molecular complexity index is 294. The molecule has 0 amide bonds. The lowest BCUT2D eigenvalue weighted by Crippen LogP contribution is -2.21. The van der Waals surface area contributed by atoms with Crippen molar-refractivity contribution in [3.63, 3.8) is 0 Å². The molecule has 1 saturated carbocycles. The first-order valence-corrected chi connectivity index (χ1v) is 5.31. The van der Waals surface area contributed by atoms with Crippen LogP contribution >= 0.6 is 0 Å². The van der Waals surface area contributed by atoms with E-state index in [9.17, 15) is 0 Å². The molecule has 2 nitrogen and oxygen atoms in total. The van der Waals surface area contributed by atoms with Crippen molar-refractivity contribution in [2.75, 3.05) is 5.32 Å². The number of rotatable bonds is 2. The van der Waals surface area contributed by atoms with Crippen molar-refractivity contribution in [2.45, 2.75) is 32.2 Å². The highest BCUT2D eigenvalue weighted by atomic mass is 16.3. The maximum absolute atomic E-state index is 9.14. The van der Waals surface area contributed by atoms with Gasteiger partial charge in [0.2, 0.25) is 0 Å². The molecule has 1 fully saturated rings. The molecule has 0 saturated heterocycles. The molecule has 2 rings (SSSR count). The molecule has 1 aliphatic rings. The molecule has 2 unspecified atom stereocenters. The van der Waals surface area contributed by atoms with Gasteiger partial charge in [-0.15, -0.1) is 0 Å². The van der Waals surface area contributed by atoms with Crippen molar-refractivity contribution in [2.24, 2.45) is 5.92 Å². The second-order valence-corrected chi connectivity index (χ2v) is 4.21. The molecule has 2 N–H and O–H groups in total.